The molecule has 0 spiro atoms. The normalized spacial score (nSPS) is 10.8. The third-order valence-electron chi connectivity index (χ3n) is 1.85. The lowest BCUT2D eigenvalue weighted by Gasteiger charge is -2.00. The highest BCUT2D eigenvalue weighted by Crippen LogP contribution is 2.22. The summed E-state index contributed by atoms with van der Waals surface area (Å²) in [5, 5.41) is 12.0. The SMILES string of the molecule is CNC(=O)C(C#N)=Cc1ccc(Cl)cc1Cl. The van der Waals surface area contributed by atoms with Crippen molar-refractivity contribution in [3.05, 3.63) is 39.4 Å². The number of likely N-dealkylation sites (N-methyl/N-ethyl adjacent to an activating group) is 1. The van der Waals surface area contributed by atoms with Gasteiger partial charge in [0.2, 0.25) is 0 Å². The van der Waals surface area contributed by atoms with E-state index in [2.05, 4.69) is 5.32 Å². The lowest BCUT2D eigenvalue weighted by atomic mass is 10.1. The fraction of sp³-hybridized carbons (Fsp3) is 0.0909. The van der Waals surface area contributed by atoms with E-state index in [1.165, 1.54) is 13.1 Å². The van der Waals surface area contributed by atoms with Gasteiger partial charge in [0.1, 0.15) is 11.6 Å². The largest absolute Gasteiger partial charge is 0.354 e. The van der Waals surface area contributed by atoms with Crippen LogP contribution in [0.1, 0.15) is 5.56 Å². The summed E-state index contributed by atoms with van der Waals surface area (Å²) < 4.78 is 0. The first kappa shape index (κ1) is 12.6. The monoisotopic (exact) mass is 254 g/mol. The summed E-state index contributed by atoms with van der Waals surface area (Å²) in [5.74, 6) is -0.450. The molecule has 0 fully saturated rings. The quantitative estimate of drug-likeness (QED) is 0.652. The van der Waals surface area contributed by atoms with Gasteiger partial charge in [-0.05, 0) is 23.8 Å². The molecule has 0 bridgehead atoms. The lowest BCUT2D eigenvalue weighted by molar-refractivity contribution is -0.116. The van der Waals surface area contributed by atoms with E-state index < -0.39 is 5.91 Å². The van der Waals surface area contributed by atoms with Crippen LogP contribution < -0.4 is 5.32 Å². The van der Waals surface area contributed by atoms with Gasteiger partial charge in [-0.25, -0.2) is 0 Å². The van der Waals surface area contributed by atoms with Crippen molar-refractivity contribution in [3.8, 4) is 6.07 Å². The third kappa shape index (κ3) is 2.99. The van der Waals surface area contributed by atoms with Crippen LogP contribution in [0.3, 0.4) is 0 Å². The highest BCUT2D eigenvalue weighted by molar-refractivity contribution is 6.35. The van der Waals surface area contributed by atoms with E-state index in [-0.39, 0.29) is 5.57 Å². The van der Waals surface area contributed by atoms with Crippen LogP contribution in [-0.4, -0.2) is 13.0 Å². The van der Waals surface area contributed by atoms with Crippen LogP contribution in [0, 0.1) is 11.3 Å². The van der Waals surface area contributed by atoms with Crippen molar-refractivity contribution in [1.29, 1.82) is 5.26 Å². The van der Waals surface area contributed by atoms with Gasteiger partial charge in [0, 0.05) is 17.1 Å². The molecule has 1 aromatic rings. The minimum absolute atomic E-state index is 0.00766. The Balaban J connectivity index is 3.15. The van der Waals surface area contributed by atoms with Gasteiger partial charge >= 0.3 is 0 Å². The molecule has 1 aromatic carbocycles. The average molecular weight is 255 g/mol. The Morgan fingerprint density at radius 1 is 1.50 bits per heavy atom. The maximum atomic E-state index is 11.3. The Kier molecular flexibility index (Phi) is 4.36. The van der Waals surface area contributed by atoms with Crippen molar-refractivity contribution in [1.82, 2.24) is 5.32 Å². The highest BCUT2D eigenvalue weighted by Gasteiger charge is 2.07. The number of nitrogens with one attached hydrogen (secondary N) is 1. The molecule has 0 aliphatic rings. The van der Waals surface area contributed by atoms with Gasteiger partial charge in [-0.3, -0.25) is 4.79 Å². The zero-order chi connectivity index (χ0) is 12.1. The van der Waals surface area contributed by atoms with Crippen LogP contribution in [0.15, 0.2) is 23.8 Å². The molecule has 1 N–H and O–H groups in total. The molecule has 0 saturated heterocycles. The van der Waals surface area contributed by atoms with E-state index in [1.54, 1.807) is 24.3 Å². The highest BCUT2D eigenvalue weighted by atomic mass is 35.5. The van der Waals surface area contributed by atoms with Crippen molar-refractivity contribution >= 4 is 35.2 Å². The average Bonchev–Trinajstić information content (AvgIpc) is 2.27. The number of carbonyl (C=O) groups excluding carboxylic acids is 1. The van der Waals surface area contributed by atoms with E-state index in [1.807, 2.05) is 0 Å². The summed E-state index contributed by atoms with van der Waals surface area (Å²) in [6.07, 6.45) is 1.41. The van der Waals surface area contributed by atoms with Crippen LogP contribution in [0.4, 0.5) is 0 Å². The Morgan fingerprint density at radius 3 is 2.69 bits per heavy atom. The number of rotatable bonds is 2. The Labute approximate surface area is 103 Å². The van der Waals surface area contributed by atoms with Crippen LogP contribution in [0.2, 0.25) is 10.0 Å². The molecule has 16 heavy (non-hydrogen) atoms. The summed E-state index contributed by atoms with van der Waals surface area (Å²) in [6, 6.07) is 6.63. The molecule has 0 atom stereocenters. The number of hydrogen-bond donors (Lipinski definition) is 1. The fourth-order valence-corrected chi connectivity index (χ4v) is 1.52. The second-order valence-electron chi connectivity index (χ2n) is 2.91. The van der Waals surface area contributed by atoms with E-state index in [0.29, 0.717) is 15.6 Å². The van der Waals surface area contributed by atoms with Gasteiger partial charge in [0.15, 0.2) is 0 Å². The van der Waals surface area contributed by atoms with Gasteiger partial charge in [-0.1, -0.05) is 29.3 Å². The van der Waals surface area contributed by atoms with Crippen LogP contribution in [0.25, 0.3) is 6.08 Å². The summed E-state index contributed by atoms with van der Waals surface area (Å²) in [6.45, 7) is 0. The first-order valence-corrected chi connectivity index (χ1v) is 5.13. The van der Waals surface area contributed by atoms with E-state index in [0.717, 1.165) is 0 Å². The minimum atomic E-state index is -0.450. The Morgan fingerprint density at radius 2 is 2.19 bits per heavy atom. The van der Waals surface area contributed by atoms with Gasteiger partial charge in [-0.2, -0.15) is 5.26 Å². The molecule has 0 aliphatic heterocycles. The van der Waals surface area contributed by atoms with E-state index in [4.69, 9.17) is 28.5 Å². The molecule has 82 valence electrons. The van der Waals surface area contributed by atoms with Gasteiger partial charge in [0.25, 0.3) is 5.91 Å². The number of nitrogens with zero attached hydrogens (tertiary/aromatic N) is 1. The third-order valence-corrected chi connectivity index (χ3v) is 2.42. The molecular weight excluding hydrogens is 247 g/mol. The predicted octanol–water partition coefficient (Wildman–Crippen LogP) is 2.65. The molecule has 0 saturated carbocycles. The standard InChI is InChI=1S/C11H8Cl2N2O/c1-15-11(16)8(6-14)4-7-2-3-9(12)5-10(7)13/h2-5H,1H3,(H,15,16). The zero-order valence-electron chi connectivity index (χ0n) is 8.42. The number of hydrogen-bond acceptors (Lipinski definition) is 2. The molecule has 5 heteroatoms. The van der Waals surface area contributed by atoms with Crippen molar-refractivity contribution in [3.63, 3.8) is 0 Å². The van der Waals surface area contributed by atoms with Gasteiger partial charge in [-0.15, -0.1) is 0 Å². The maximum Gasteiger partial charge on any atom is 0.261 e. The summed E-state index contributed by atoms with van der Waals surface area (Å²) in [7, 11) is 1.46. The minimum Gasteiger partial charge on any atom is -0.354 e. The van der Waals surface area contributed by atoms with Gasteiger partial charge in [0.05, 0.1) is 0 Å². The smallest absolute Gasteiger partial charge is 0.261 e. The Bertz CT molecular complexity index is 489. The summed E-state index contributed by atoms with van der Waals surface area (Å²) >= 11 is 11.6. The van der Waals surface area contributed by atoms with Crippen LogP contribution >= 0.6 is 23.2 Å². The first-order valence-electron chi connectivity index (χ1n) is 4.37. The fourth-order valence-electron chi connectivity index (χ4n) is 1.06. The predicted molar refractivity (Wildman–Crippen MR) is 64.1 cm³/mol. The van der Waals surface area contributed by atoms with Gasteiger partial charge < -0.3 is 5.32 Å². The first-order chi connectivity index (χ1) is 7.58. The molecular formula is C11H8Cl2N2O. The molecule has 3 nitrogen and oxygen atoms in total. The van der Waals surface area contributed by atoms with E-state index >= 15 is 0 Å². The molecule has 1 amide bonds. The molecule has 0 radical (unpaired) electrons. The van der Waals surface area contributed by atoms with Crippen molar-refractivity contribution in [2.75, 3.05) is 7.05 Å². The summed E-state index contributed by atoms with van der Waals surface area (Å²) in [4.78, 5) is 11.3. The molecule has 0 heterocycles. The van der Waals surface area contributed by atoms with Crippen molar-refractivity contribution < 1.29 is 4.79 Å². The number of nitriles is 1. The number of benzene rings is 1. The van der Waals surface area contributed by atoms with Crippen LogP contribution in [0.5, 0.6) is 0 Å². The van der Waals surface area contributed by atoms with Crippen molar-refractivity contribution in [2.24, 2.45) is 0 Å². The number of amides is 1. The topological polar surface area (TPSA) is 52.9 Å². The maximum absolute atomic E-state index is 11.3. The zero-order valence-corrected chi connectivity index (χ0v) is 9.93. The lowest BCUT2D eigenvalue weighted by Crippen LogP contribution is -2.19. The van der Waals surface area contributed by atoms with Crippen molar-refractivity contribution in [2.45, 2.75) is 0 Å². The molecule has 0 aliphatic carbocycles. The summed E-state index contributed by atoms with van der Waals surface area (Å²) in [5.41, 5.74) is 0.568. The second-order valence-corrected chi connectivity index (χ2v) is 3.76. The molecule has 0 unspecified atom stereocenters. The molecule has 1 rings (SSSR count). The van der Waals surface area contributed by atoms with Crippen LogP contribution in [-0.2, 0) is 4.79 Å². The Hall–Kier alpha value is -1.50. The molecule has 0 aromatic heterocycles. The number of halogens is 2. The number of carbonyl (C=O) groups is 1. The second kappa shape index (κ2) is 5.55. The van der Waals surface area contributed by atoms with E-state index in [9.17, 15) is 4.79 Å².